The van der Waals surface area contributed by atoms with Gasteiger partial charge in [-0.05, 0) is 18.2 Å². The molecule has 7 heteroatoms. The summed E-state index contributed by atoms with van der Waals surface area (Å²) in [6.45, 7) is 0.497. The zero-order valence-electron chi connectivity index (χ0n) is 9.92. The molecule has 7 nitrogen and oxygen atoms in total. The van der Waals surface area contributed by atoms with Gasteiger partial charge in [0.15, 0.2) is 5.82 Å². The van der Waals surface area contributed by atoms with Crippen LogP contribution in [-0.2, 0) is 13.6 Å². The lowest BCUT2D eigenvalue weighted by molar-refractivity contribution is 0.100. The average molecular weight is 246 g/mol. The molecule has 1 aromatic carbocycles. The molecule has 2 rings (SSSR count). The number of carbonyl (C=O) groups excluding carboxylic acids is 1. The van der Waals surface area contributed by atoms with Crippen molar-refractivity contribution in [2.45, 2.75) is 6.54 Å². The van der Waals surface area contributed by atoms with E-state index in [0.29, 0.717) is 17.8 Å². The molecule has 0 aliphatic rings. The molecular weight excluding hydrogens is 232 g/mol. The van der Waals surface area contributed by atoms with Gasteiger partial charge in [-0.3, -0.25) is 4.79 Å². The Hall–Kier alpha value is -2.57. The highest BCUT2D eigenvalue weighted by Gasteiger charge is 2.06. The predicted molar refractivity (Wildman–Crippen MR) is 67.7 cm³/mol. The molecule has 2 aromatic rings. The molecule has 0 fully saturated rings. The van der Waals surface area contributed by atoms with Crippen LogP contribution in [0.15, 0.2) is 24.5 Å². The summed E-state index contributed by atoms with van der Waals surface area (Å²) in [5.41, 5.74) is 12.6. The Morgan fingerprint density at radius 1 is 1.50 bits per heavy atom. The summed E-state index contributed by atoms with van der Waals surface area (Å²) in [6, 6.07) is 4.88. The van der Waals surface area contributed by atoms with Crippen LogP contribution >= 0.6 is 0 Å². The second-order valence-electron chi connectivity index (χ2n) is 3.88. The van der Waals surface area contributed by atoms with Crippen molar-refractivity contribution in [3.05, 3.63) is 35.9 Å². The van der Waals surface area contributed by atoms with Gasteiger partial charge in [0.2, 0.25) is 5.91 Å². The van der Waals surface area contributed by atoms with Crippen LogP contribution in [-0.4, -0.2) is 20.7 Å². The van der Waals surface area contributed by atoms with Crippen LogP contribution in [0.3, 0.4) is 0 Å². The normalized spacial score (nSPS) is 10.3. The Kier molecular flexibility index (Phi) is 3.13. The fourth-order valence-corrected chi connectivity index (χ4v) is 1.52. The van der Waals surface area contributed by atoms with Gasteiger partial charge in [-0.1, -0.05) is 0 Å². The lowest BCUT2D eigenvalue weighted by Crippen LogP contribution is -2.12. The first kappa shape index (κ1) is 11.9. The van der Waals surface area contributed by atoms with Gasteiger partial charge < -0.3 is 21.4 Å². The number of primary amides is 1. The summed E-state index contributed by atoms with van der Waals surface area (Å²) in [5, 5.41) is 10.8. The minimum Gasteiger partial charge on any atom is -0.397 e. The number of nitrogens with zero attached hydrogens (tertiary/aromatic N) is 3. The molecule has 1 aromatic heterocycles. The number of hydrogen-bond acceptors (Lipinski definition) is 5. The molecule has 0 bridgehead atoms. The number of nitrogen functional groups attached to an aromatic ring is 1. The second-order valence-corrected chi connectivity index (χ2v) is 3.88. The lowest BCUT2D eigenvalue weighted by atomic mass is 10.1. The molecule has 5 N–H and O–H groups in total. The number of benzene rings is 1. The zero-order chi connectivity index (χ0) is 13.1. The molecule has 0 saturated carbocycles. The minimum atomic E-state index is -0.499. The molecule has 0 radical (unpaired) electrons. The van der Waals surface area contributed by atoms with E-state index < -0.39 is 5.91 Å². The van der Waals surface area contributed by atoms with Crippen LogP contribution in [0.25, 0.3) is 0 Å². The maximum absolute atomic E-state index is 11.0. The topological polar surface area (TPSA) is 112 Å². The SMILES string of the molecule is Cn1cnnc1CNc1ccc(C(N)=O)cc1N. The van der Waals surface area contributed by atoms with Gasteiger partial charge in [0.05, 0.1) is 17.9 Å². The van der Waals surface area contributed by atoms with Crippen LogP contribution in [0, 0.1) is 0 Å². The monoisotopic (exact) mass is 246 g/mol. The number of aryl methyl sites for hydroxylation is 1. The van der Waals surface area contributed by atoms with Crippen molar-refractivity contribution in [3.8, 4) is 0 Å². The van der Waals surface area contributed by atoms with E-state index in [4.69, 9.17) is 11.5 Å². The molecule has 94 valence electrons. The first-order valence-corrected chi connectivity index (χ1v) is 5.34. The minimum absolute atomic E-state index is 0.386. The van der Waals surface area contributed by atoms with Gasteiger partial charge in [-0.15, -0.1) is 10.2 Å². The molecule has 1 heterocycles. The molecule has 18 heavy (non-hydrogen) atoms. The van der Waals surface area contributed by atoms with Crippen molar-refractivity contribution in [2.75, 3.05) is 11.1 Å². The van der Waals surface area contributed by atoms with Crippen LogP contribution < -0.4 is 16.8 Å². The van der Waals surface area contributed by atoms with E-state index in [1.807, 2.05) is 7.05 Å². The Balaban J connectivity index is 2.11. The Bertz CT molecular complexity index is 577. The van der Waals surface area contributed by atoms with Gasteiger partial charge in [0.25, 0.3) is 0 Å². The van der Waals surface area contributed by atoms with Crippen molar-refractivity contribution in [1.29, 1.82) is 0 Å². The number of aromatic nitrogens is 3. The molecule has 0 spiro atoms. The molecule has 1 amide bonds. The summed E-state index contributed by atoms with van der Waals surface area (Å²) < 4.78 is 1.81. The van der Waals surface area contributed by atoms with Crippen molar-refractivity contribution in [1.82, 2.24) is 14.8 Å². The Morgan fingerprint density at radius 2 is 2.28 bits per heavy atom. The van der Waals surface area contributed by atoms with Crippen molar-refractivity contribution in [2.24, 2.45) is 12.8 Å². The maximum Gasteiger partial charge on any atom is 0.248 e. The van der Waals surface area contributed by atoms with E-state index in [1.165, 1.54) is 0 Å². The van der Waals surface area contributed by atoms with Crippen molar-refractivity contribution >= 4 is 17.3 Å². The first-order chi connectivity index (χ1) is 8.58. The number of amides is 1. The van der Waals surface area contributed by atoms with E-state index in [0.717, 1.165) is 11.5 Å². The smallest absolute Gasteiger partial charge is 0.248 e. The number of nitrogens with one attached hydrogen (secondary N) is 1. The van der Waals surface area contributed by atoms with E-state index >= 15 is 0 Å². The van der Waals surface area contributed by atoms with Crippen LogP contribution in [0.2, 0.25) is 0 Å². The van der Waals surface area contributed by atoms with Crippen LogP contribution in [0.4, 0.5) is 11.4 Å². The molecular formula is C11H14N6O. The number of nitrogens with two attached hydrogens (primary N) is 2. The third-order valence-electron chi connectivity index (χ3n) is 2.58. The largest absolute Gasteiger partial charge is 0.397 e. The summed E-state index contributed by atoms with van der Waals surface area (Å²) in [6.07, 6.45) is 1.62. The highest BCUT2D eigenvalue weighted by molar-refractivity contribution is 5.94. The lowest BCUT2D eigenvalue weighted by Gasteiger charge is -2.09. The van der Waals surface area contributed by atoms with Gasteiger partial charge >= 0.3 is 0 Å². The quantitative estimate of drug-likeness (QED) is 0.663. The summed E-state index contributed by atoms with van der Waals surface area (Å²) in [7, 11) is 1.86. The van der Waals surface area contributed by atoms with Gasteiger partial charge in [0, 0.05) is 12.6 Å². The molecule has 0 unspecified atom stereocenters. The molecule has 0 aliphatic carbocycles. The second kappa shape index (κ2) is 4.74. The summed E-state index contributed by atoms with van der Waals surface area (Å²) in [5.74, 6) is 0.287. The fourth-order valence-electron chi connectivity index (χ4n) is 1.52. The average Bonchev–Trinajstić information content (AvgIpc) is 2.73. The third kappa shape index (κ3) is 2.40. The van der Waals surface area contributed by atoms with Crippen LogP contribution in [0.5, 0.6) is 0 Å². The molecule has 0 aliphatic heterocycles. The summed E-state index contributed by atoms with van der Waals surface area (Å²) in [4.78, 5) is 11.0. The standard InChI is InChI=1S/C11H14N6O/c1-17-6-15-16-10(17)5-14-9-3-2-7(11(13)18)4-8(9)12/h2-4,6,14H,5,12H2,1H3,(H2,13,18). The highest BCUT2D eigenvalue weighted by Crippen LogP contribution is 2.20. The first-order valence-electron chi connectivity index (χ1n) is 5.34. The van der Waals surface area contributed by atoms with Crippen molar-refractivity contribution < 1.29 is 4.79 Å². The highest BCUT2D eigenvalue weighted by atomic mass is 16.1. The zero-order valence-corrected chi connectivity index (χ0v) is 9.92. The summed E-state index contributed by atoms with van der Waals surface area (Å²) >= 11 is 0. The number of anilines is 2. The Labute approximate surface area is 104 Å². The Morgan fingerprint density at radius 3 is 2.83 bits per heavy atom. The van der Waals surface area contributed by atoms with Crippen molar-refractivity contribution in [3.63, 3.8) is 0 Å². The maximum atomic E-state index is 11.0. The van der Waals surface area contributed by atoms with E-state index in [9.17, 15) is 4.79 Å². The van der Waals surface area contributed by atoms with E-state index in [1.54, 1.807) is 29.1 Å². The van der Waals surface area contributed by atoms with E-state index in [-0.39, 0.29) is 0 Å². The molecule has 0 atom stereocenters. The van der Waals surface area contributed by atoms with Crippen LogP contribution in [0.1, 0.15) is 16.2 Å². The number of hydrogen-bond donors (Lipinski definition) is 3. The van der Waals surface area contributed by atoms with Gasteiger partial charge in [0.1, 0.15) is 6.33 Å². The number of rotatable bonds is 4. The van der Waals surface area contributed by atoms with Gasteiger partial charge in [-0.25, -0.2) is 0 Å². The third-order valence-corrected chi connectivity index (χ3v) is 2.58. The predicted octanol–water partition coefficient (Wildman–Crippen LogP) is 0.108. The number of carbonyl (C=O) groups is 1. The van der Waals surface area contributed by atoms with E-state index in [2.05, 4.69) is 15.5 Å². The fraction of sp³-hybridized carbons (Fsp3) is 0.182. The molecule has 0 saturated heterocycles. The van der Waals surface area contributed by atoms with Gasteiger partial charge in [-0.2, -0.15) is 0 Å².